The van der Waals surface area contributed by atoms with Crippen LogP contribution in [0.25, 0.3) is 0 Å². The molecule has 23 heavy (non-hydrogen) atoms. The Kier molecular flexibility index (Phi) is 4.80. The Morgan fingerprint density at radius 3 is 2.48 bits per heavy atom. The van der Waals surface area contributed by atoms with Crippen molar-refractivity contribution < 1.29 is 13.5 Å². The smallest absolute Gasteiger partial charge is 0.179 e. The van der Waals surface area contributed by atoms with Gasteiger partial charge >= 0.3 is 0 Å². The molecule has 1 atom stereocenters. The van der Waals surface area contributed by atoms with E-state index in [2.05, 4.69) is 11.0 Å². The summed E-state index contributed by atoms with van der Waals surface area (Å²) in [5, 5.41) is 9.76. The van der Waals surface area contributed by atoms with Crippen molar-refractivity contribution in [2.75, 3.05) is 25.4 Å². The highest BCUT2D eigenvalue weighted by molar-refractivity contribution is 7.91. The topological polar surface area (TPSA) is 57.6 Å². The van der Waals surface area contributed by atoms with Crippen LogP contribution < -0.4 is 0 Å². The average Bonchev–Trinajstić information content (AvgIpc) is 2.60. The number of fused-ring (bicyclic) bond motifs is 1. The third kappa shape index (κ3) is 3.47. The van der Waals surface area contributed by atoms with Gasteiger partial charge in [0.1, 0.15) is 0 Å². The molecular formula is C18H21NO3S. The molecule has 0 spiro atoms. The van der Waals surface area contributed by atoms with Crippen LogP contribution in [0, 0.1) is 0 Å². The van der Waals surface area contributed by atoms with Crippen molar-refractivity contribution in [1.29, 1.82) is 0 Å². The van der Waals surface area contributed by atoms with Gasteiger partial charge in [-0.2, -0.15) is 0 Å². The fourth-order valence-corrected chi connectivity index (χ4v) is 4.45. The molecule has 1 unspecified atom stereocenters. The molecule has 2 aromatic rings. The van der Waals surface area contributed by atoms with Crippen LogP contribution in [0.1, 0.15) is 17.2 Å². The molecule has 0 amide bonds. The van der Waals surface area contributed by atoms with Crippen LogP contribution in [0.15, 0.2) is 59.5 Å². The Balaban J connectivity index is 1.74. The van der Waals surface area contributed by atoms with Crippen LogP contribution >= 0.6 is 0 Å². The quantitative estimate of drug-likeness (QED) is 0.911. The highest BCUT2D eigenvalue weighted by atomic mass is 32.2. The Labute approximate surface area is 137 Å². The highest BCUT2D eigenvalue weighted by Gasteiger charge is 2.27. The predicted molar refractivity (Wildman–Crippen MR) is 90.0 cm³/mol. The predicted octanol–water partition coefficient (Wildman–Crippen LogP) is 2.05. The number of aliphatic hydroxyl groups is 1. The normalized spacial score (nSPS) is 18.6. The van der Waals surface area contributed by atoms with Gasteiger partial charge in [0.05, 0.1) is 23.3 Å². The molecule has 1 aliphatic heterocycles. The van der Waals surface area contributed by atoms with Crippen molar-refractivity contribution in [2.45, 2.75) is 17.4 Å². The summed E-state index contributed by atoms with van der Waals surface area (Å²) < 4.78 is 24.9. The van der Waals surface area contributed by atoms with Gasteiger partial charge in [0.25, 0.3) is 0 Å². The first-order valence-electron chi connectivity index (χ1n) is 7.82. The molecule has 122 valence electrons. The van der Waals surface area contributed by atoms with Crippen LogP contribution in [0.2, 0.25) is 0 Å². The number of nitrogens with zero attached hydrogens (tertiary/aromatic N) is 1. The fourth-order valence-electron chi connectivity index (χ4n) is 3.17. The van der Waals surface area contributed by atoms with E-state index in [0.29, 0.717) is 11.4 Å². The summed E-state index contributed by atoms with van der Waals surface area (Å²) in [5.74, 6) is 0.0652. The van der Waals surface area contributed by atoms with Crippen molar-refractivity contribution in [2.24, 2.45) is 0 Å². The summed E-state index contributed by atoms with van der Waals surface area (Å²) in [7, 11) is -3.29. The standard InChI is InChI=1S/C18H21NO3S/c20-14-18-17-9-5-4-6-15(17)10-11-19(18)12-13-23(21,22)16-7-2-1-3-8-16/h1-9,18,20H,10-14H2. The number of sulfone groups is 1. The minimum atomic E-state index is -3.29. The number of aliphatic hydroxyl groups excluding tert-OH is 1. The Hall–Kier alpha value is -1.69. The molecule has 0 fully saturated rings. The summed E-state index contributed by atoms with van der Waals surface area (Å²) in [4.78, 5) is 2.43. The average molecular weight is 331 g/mol. The molecule has 1 heterocycles. The van der Waals surface area contributed by atoms with E-state index in [1.165, 1.54) is 5.56 Å². The van der Waals surface area contributed by atoms with Crippen LogP contribution in [0.5, 0.6) is 0 Å². The highest BCUT2D eigenvalue weighted by Crippen LogP contribution is 2.29. The molecule has 1 aliphatic rings. The van der Waals surface area contributed by atoms with E-state index in [9.17, 15) is 13.5 Å². The molecule has 0 saturated carbocycles. The summed E-state index contributed by atoms with van der Waals surface area (Å²) in [6, 6.07) is 16.5. The molecule has 4 nitrogen and oxygen atoms in total. The van der Waals surface area contributed by atoms with E-state index in [1.54, 1.807) is 24.3 Å². The van der Waals surface area contributed by atoms with Gasteiger partial charge in [0.2, 0.25) is 0 Å². The lowest BCUT2D eigenvalue weighted by Crippen LogP contribution is -2.40. The number of rotatable bonds is 5. The van der Waals surface area contributed by atoms with Crippen molar-refractivity contribution >= 4 is 9.84 Å². The Morgan fingerprint density at radius 2 is 1.74 bits per heavy atom. The summed E-state index contributed by atoms with van der Waals surface area (Å²) >= 11 is 0. The van der Waals surface area contributed by atoms with Crippen LogP contribution in [-0.4, -0.2) is 43.9 Å². The monoisotopic (exact) mass is 331 g/mol. The Morgan fingerprint density at radius 1 is 1.04 bits per heavy atom. The lowest BCUT2D eigenvalue weighted by Gasteiger charge is -2.36. The number of hydrogen-bond donors (Lipinski definition) is 1. The molecule has 0 bridgehead atoms. The van der Waals surface area contributed by atoms with Gasteiger partial charge in [-0.1, -0.05) is 42.5 Å². The van der Waals surface area contributed by atoms with E-state index in [0.717, 1.165) is 18.5 Å². The van der Waals surface area contributed by atoms with Gasteiger partial charge in [-0.05, 0) is 29.7 Å². The second kappa shape index (κ2) is 6.83. The van der Waals surface area contributed by atoms with Gasteiger partial charge < -0.3 is 5.11 Å². The van der Waals surface area contributed by atoms with Crippen molar-refractivity contribution in [3.63, 3.8) is 0 Å². The minimum absolute atomic E-state index is 0.00238. The lowest BCUT2D eigenvalue weighted by atomic mass is 9.93. The molecule has 2 aromatic carbocycles. The first-order chi connectivity index (χ1) is 11.1. The van der Waals surface area contributed by atoms with E-state index >= 15 is 0 Å². The zero-order chi connectivity index (χ0) is 16.3. The van der Waals surface area contributed by atoms with E-state index < -0.39 is 9.84 Å². The van der Waals surface area contributed by atoms with Gasteiger partial charge in [-0.15, -0.1) is 0 Å². The molecule has 3 rings (SSSR count). The second-order valence-electron chi connectivity index (χ2n) is 5.82. The number of hydrogen-bond acceptors (Lipinski definition) is 4. The summed E-state index contributed by atoms with van der Waals surface area (Å²) in [6.45, 7) is 1.20. The minimum Gasteiger partial charge on any atom is -0.394 e. The maximum atomic E-state index is 12.4. The maximum Gasteiger partial charge on any atom is 0.179 e. The van der Waals surface area contributed by atoms with E-state index in [1.807, 2.05) is 24.3 Å². The van der Waals surface area contributed by atoms with Crippen LogP contribution in [0.4, 0.5) is 0 Å². The third-order valence-electron chi connectivity index (χ3n) is 4.45. The largest absolute Gasteiger partial charge is 0.394 e. The number of benzene rings is 2. The van der Waals surface area contributed by atoms with Gasteiger partial charge in [0.15, 0.2) is 9.84 Å². The fraction of sp³-hybridized carbons (Fsp3) is 0.333. The third-order valence-corrected chi connectivity index (χ3v) is 6.16. The summed E-state index contributed by atoms with van der Waals surface area (Å²) in [6.07, 6.45) is 0.887. The molecule has 0 saturated heterocycles. The molecule has 0 radical (unpaired) electrons. The van der Waals surface area contributed by atoms with Crippen LogP contribution in [0.3, 0.4) is 0 Å². The molecule has 0 aromatic heterocycles. The van der Waals surface area contributed by atoms with Gasteiger partial charge in [-0.25, -0.2) is 8.42 Å². The second-order valence-corrected chi connectivity index (χ2v) is 7.92. The maximum absolute atomic E-state index is 12.4. The molecule has 1 N–H and O–H groups in total. The van der Waals surface area contributed by atoms with E-state index in [-0.39, 0.29) is 18.4 Å². The molecule has 0 aliphatic carbocycles. The zero-order valence-corrected chi connectivity index (χ0v) is 13.7. The van der Waals surface area contributed by atoms with Crippen molar-refractivity contribution in [1.82, 2.24) is 4.90 Å². The van der Waals surface area contributed by atoms with Gasteiger partial charge in [0, 0.05) is 13.1 Å². The first kappa shape index (κ1) is 16.2. The SMILES string of the molecule is O=S(=O)(CCN1CCc2ccccc2C1CO)c1ccccc1. The summed E-state index contributed by atoms with van der Waals surface area (Å²) in [5.41, 5.74) is 2.35. The zero-order valence-electron chi connectivity index (χ0n) is 12.9. The van der Waals surface area contributed by atoms with E-state index in [4.69, 9.17) is 0 Å². The van der Waals surface area contributed by atoms with Crippen molar-refractivity contribution in [3.8, 4) is 0 Å². The molecule has 5 heteroatoms. The van der Waals surface area contributed by atoms with Gasteiger partial charge in [-0.3, -0.25) is 4.90 Å². The Bertz CT molecular complexity index is 759. The first-order valence-corrected chi connectivity index (χ1v) is 9.47. The molecular weight excluding hydrogens is 310 g/mol. The van der Waals surface area contributed by atoms with Crippen LogP contribution in [-0.2, 0) is 16.3 Å². The van der Waals surface area contributed by atoms with Crippen molar-refractivity contribution in [3.05, 3.63) is 65.7 Å². The lowest BCUT2D eigenvalue weighted by molar-refractivity contribution is 0.120.